The van der Waals surface area contributed by atoms with Crippen molar-refractivity contribution in [3.63, 3.8) is 0 Å². The summed E-state index contributed by atoms with van der Waals surface area (Å²) in [5, 5.41) is 4.15. The van der Waals surface area contributed by atoms with Gasteiger partial charge in [0, 0.05) is 30.1 Å². The molecule has 29 heavy (non-hydrogen) atoms. The maximum absolute atomic E-state index is 12.7. The number of nitrogens with zero attached hydrogens (tertiary/aromatic N) is 3. The van der Waals surface area contributed by atoms with Crippen molar-refractivity contribution in [1.82, 2.24) is 10.1 Å². The molecule has 0 radical (unpaired) electrons. The maximum Gasteiger partial charge on any atom is 0.258 e. The number of hydrogen-bond acceptors (Lipinski definition) is 6. The van der Waals surface area contributed by atoms with E-state index in [1.54, 1.807) is 0 Å². The summed E-state index contributed by atoms with van der Waals surface area (Å²) in [7, 11) is 0. The number of benzene rings is 2. The molecule has 3 heterocycles. The van der Waals surface area contributed by atoms with Gasteiger partial charge in [-0.2, -0.15) is 4.98 Å². The number of carbonyl (C=O) groups is 1. The van der Waals surface area contributed by atoms with Crippen LogP contribution in [0.15, 0.2) is 40.9 Å². The minimum absolute atomic E-state index is 0.0812. The summed E-state index contributed by atoms with van der Waals surface area (Å²) in [5.74, 6) is 2.38. The first-order chi connectivity index (χ1) is 14.2. The Bertz CT molecular complexity index is 1120. The summed E-state index contributed by atoms with van der Waals surface area (Å²) in [5.41, 5.74) is 4.51. The minimum Gasteiger partial charge on any atom is -0.454 e. The number of anilines is 1. The molecule has 1 unspecified atom stereocenters. The Labute approximate surface area is 167 Å². The highest BCUT2D eigenvalue weighted by Gasteiger charge is 2.35. The van der Waals surface area contributed by atoms with E-state index in [0.29, 0.717) is 36.2 Å². The van der Waals surface area contributed by atoms with Crippen molar-refractivity contribution in [2.24, 2.45) is 0 Å². The lowest BCUT2D eigenvalue weighted by molar-refractivity contribution is -0.117. The van der Waals surface area contributed by atoms with Crippen LogP contribution in [0, 0.1) is 0 Å². The number of amides is 1. The van der Waals surface area contributed by atoms with Gasteiger partial charge >= 0.3 is 0 Å². The molecule has 1 saturated heterocycles. The van der Waals surface area contributed by atoms with E-state index < -0.39 is 0 Å². The summed E-state index contributed by atoms with van der Waals surface area (Å²) >= 11 is 0. The quantitative estimate of drug-likeness (QED) is 0.683. The maximum atomic E-state index is 12.7. The van der Waals surface area contributed by atoms with Crippen LogP contribution in [0.3, 0.4) is 0 Å². The first-order valence-corrected chi connectivity index (χ1v) is 9.90. The molecule has 3 aliphatic rings. The SMILES string of the molecule is O=C1CC(c2noc(-c3ccc4c(c3)OCO4)n2)CN1c1ccc2c(c1)CCC2. The lowest BCUT2D eigenvalue weighted by Crippen LogP contribution is -2.24. The highest BCUT2D eigenvalue weighted by atomic mass is 16.7. The smallest absolute Gasteiger partial charge is 0.258 e. The second kappa shape index (κ2) is 6.34. The molecular formula is C22H19N3O4. The molecule has 1 amide bonds. The van der Waals surface area contributed by atoms with Gasteiger partial charge in [0.25, 0.3) is 5.89 Å². The Hall–Kier alpha value is -3.35. The minimum atomic E-state index is -0.0812. The molecule has 2 aliphatic heterocycles. The van der Waals surface area contributed by atoms with E-state index in [9.17, 15) is 4.79 Å². The molecule has 0 N–H and O–H groups in total. The molecule has 1 fully saturated rings. The molecule has 146 valence electrons. The number of aromatic nitrogens is 2. The number of fused-ring (bicyclic) bond motifs is 2. The highest BCUT2D eigenvalue weighted by molar-refractivity contribution is 5.96. The first-order valence-electron chi connectivity index (χ1n) is 9.90. The van der Waals surface area contributed by atoms with E-state index in [4.69, 9.17) is 14.0 Å². The van der Waals surface area contributed by atoms with Gasteiger partial charge in [-0.15, -0.1) is 0 Å². The fourth-order valence-corrected chi connectivity index (χ4v) is 4.40. The number of aryl methyl sites for hydroxylation is 2. The number of hydrogen-bond donors (Lipinski definition) is 0. The van der Waals surface area contributed by atoms with Crippen molar-refractivity contribution >= 4 is 11.6 Å². The van der Waals surface area contributed by atoms with Crippen molar-refractivity contribution in [1.29, 1.82) is 0 Å². The Morgan fingerprint density at radius 1 is 1.00 bits per heavy atom. The summed E-state index contributed by atoms with van der Waals surface area (Å²) in [6, 6.07) is 11.9. The number of carbonyl (C=O) groups excluding carboxylic acids is 1. The van der Waals surface area contributed by atoms with Crippen molar-refractivity contribution in [2.75, 3.05) is 18.2 Å². The second-order valence-electron chi connectivity index (χ2n) is 7.74. The van der Waals surface area contributed by atoms with E-state index in [1.807, 2.05) is 23.1 Å². The van der Waals surface area contributed by atoms with Gasteiger partial charge in [-0.05, 0) is 60.7 Å². The third-order valence-electron chi connectivity index (χ3n) is 5.95. The van der Waals surface area contributed by atoms with Crippen LogP contribution in [0.2, 0.25) is 0 Å². The summed E-state index contributed by atoms with van der Waals surface area (Å²) in [6.07, 6.45) is 3.81. The molecule has 7 nitrogen and oxygen atoms in total. The number of ether oxygens (including phenoxy) is 2. The van der Waals surface area contributed by atoms with E-state index in [-0.39, 0.29) is 18.6 Å². The van der Waals surface area contributed by atoms with Crippen molar-refractivity contribution in [2.45, 2.75) is 31.6 Å². The molecule has 0 saturated carbocycles. The zero-order valence-corrected chi connectivity index (χ0v) is 15.8. The molecule has 6 rings (SSSR count). The summed E-state index contributed by atoms with van der Waals surface area (Å²) in [6.45, 7) is 0.786. The zero-order chi connectivity index (χ0) is 19.4. The number of rotatable bonds is 3. The predicted octanol–water partition coefficient (Wildman–Crippen LogP) is 3.47. The van der Waals surface area contributed by atoms with E-state index in [0.717, 1.165) is 24.1 Å². The van der Waals surface area contributed by atoms with E-state index in [1.165, 1.54) is 17.5 Å². The molecular weight excluding hydrogens is 370 g/mol. The third kappa shape index (κ3) is 2.76. The van der Waals surface area contributed by atoms with Gasteiger partial charge in [-0.1, -0.05) is 11.2 Å². The molecule has 1 atom stereocenters. The average molecular weight is 389 g/mol. The van der Waals surface area contributed by atoms with Crippen LogP contribution in [0.4, 0.5) is 5.69 Å². The van der Waals surface area contributed by atoms with Gasteiger partial charge in [0.15, 0.2) is 17.3 Å². The van der Waals surface area contributed by atoms with Crippen LogP contribution >= 0.6 is 0 Å². The highest BCUT2D eigenvalue weighted by Crippen LogP contribution is 2.37. The molecule has 1 aromatic heterocycles. The van der Waals surface area contributed by atoms with Crippen molar-refractivity contribution in [3.8, 4) is 23.0 Å². The molecule has 0 spiro atoms. The Morgan fingerprint density at radius 2 is 1.90 bits per heavy atom. The lowest BCUT2D eigenvalue weighted by Gasteiger charge is -2.17. The van der Waals surface area contributed by atoms with Crippen LogP contribution in [-0.2, 0) is 17.6 Å². The monoisotopic (exact) mass is 389 g/mol. The van der Waals surface area contributed by atoms with Crippen LogP contribution in [0.25, 0.3) is 11.5 Å². The summed E-state index contributed by atoms with van der Waals surface area (Å²) in [4.78, 5) is 19.1. The largest absolute Gasteiger partial charge is 0.454 e. The van der Waals surface area contributed by atoms with Gasteiger partial charge in [0.05, 0.1) is 0 Å². The lowest BCUT2D eigenvalue weighted by atomic mass is 10.1. The van der Waals surface area contributed by atoms with Crippen LogP contribution in [-0.4, -0.2) is 29.4 Å². The molecule has 0 bridgehead atoms. The van der Waals surface area contributed by atoms with Crippen molar-refractivity contribution in [3.05, 3.63) is 53.3 Å². The normalized spacial score (nSPS) is 19.8. The fraction of sp³-hybridized carbons (Fsp3) is 0.318. The predicted molar refractivity (Wildman–Crippen MR) is 104 cm³/mol. The second-order valence-corrected chi connectivity index (χ2v) is 7.74. The fourth-order valence-electron chi connectivity index (χ4n) is 4.40. The standard InChI is InChI=1S/C22H19N3O4/c26-20-10-16(11-25(20)17-6-4-13-2-1-3-14(13)8-17)21-23-22(29-24-21)15-5-7-18-19(9-15)28-12-27-18/h4-9,16H,1-3,10-12H2. The van der Waals surface area contributed by atoms with Gasteiger partial charge in [0.1, 0.15) is 0 Å². The van der Waals surface area contributed by atoms with E-state index >= 15 is 0 Å². The molecule has 2 aromatic carbocycles. The van der Waals surface area contributed by atoms with E-state index in [2.05, 4.69) is 28.3 Å². The van der Waals surface area contributed by atoms with Gasteiger partial charge in [0.2, 0.25) is 12.7 Å². The molecule has 1 aliphatic carbocycles. The van der Waals surface area contributed by atoms with Crippen LogP contribution < -0.4 is 14.4 Å². The molecule has 3 aromatic rings. The van der Waals surface area contributed by atoms with Gasteiger partial charge in [-0.3, -0.25) is 4.79 Å². The van der Waals surface area contributed by atoms with Crippen molar-refractivity contribution < 1.29 is 18.8 Å². The van der Waals surface area contributed by atoms with Gasteiger partial charge < -0.3 is 18.9 Å². The zero-order valence-electron chi connectivity index (χ0n) is 15.8. The van der Waals surface area contributed by atoms with Gasteiger partial charge in [-0.25, -0.2) is 0 Å². The Balaban J connectivity index is 1.24. The summed E-state index contributed by atoms with van der Waals surface area (Å²) < 4.78 is 16.2. The first kappa shape index (κ1) is 16.6. The van der Waals surface area contributed by atoms with Crippen LogP contribution in [0.1, 0.15) is 35.7 Å². The topological polar surface area (TPSA) is 77.7 Å². The van der Waals surface area contributed by atoms with Crippen LogP contribution in [0.5, 0.6) is 11.5 Å². The average Bonchev–Trinajstić information content (AvgIpc) is 3.51. The Morgan fingerprint density at radius 3 is 2.86 bits per heavy atom. The molecule has 7 heteroatoms. The Kier molecular flexibility index (Phi) is 3.62. The third-order valence-corrected chi connectivity index (χ3v) is 5.95.